The van der Waals surface area contributed by atoms with Crippen molar-refractivity contribution in [3.05, 3.63) is 5.69 Å². The molecule has 0 atom stereocenters. The summed E-state index contributed by atoms with van der Waals surface area (Å²) in [7, 11) is 4.09. The van der Waals surface area contributed by atoms with Gasteiger partial charge in [-0.1, -0.05) is 13.3 Å². The molecule has 0 fully saturated rings. The molecule has 2 aromatic rings. The number of nitrogens with two attached hydrogens (primary N) is 1. The number of imidazole rings is 1. The van der Waals surface area contributed by atoms with Crippen LogP contribution in [0.5, 0.6) is 0 Å². The first kappa shape index (κ1) is 14.8. The molecule has 0 amide bonds. The number of aryl methyl sites for hydroxylation is 2. The van der Waals surface area contributed by atoms with Crippen LogP contribution in [0, 0.1) is 0 Å². The lowest BCUT2D eigenvalue weighted by molar-refractivity contribution is 0.264. The van der Waals surface area contributed by atoms with Gasteiger partial charge < -0.3 is 10.6 Å². The fraction of sp³-hybridized carbons (Fsp3) is 0.714. The van der Waals surface area contributed by atoms with Crippen molar-refractivity contribution >= 4 is 17.1 Å². The van der Waals surface area contributed by atoms with Gasteiger partial charge >= 0.3 is 0 Å². The number of hydrogen-bond acceptors (Lipinski definition) is 4. The van der Waals surface area contributed by atoms with E-state index in [1.807, 2.05) is 11.7 Å². The van der Waals surface area contributed by atoms with Crippen molar-refractivity contribution in [1.82, 2.24) is 24.2 Å². The van der Waals surface area contributed by atoms with E-state index in [0.717, 1.165) is 42.8 Å². The Labute approximate surface area is 120 Å². The van der Waals surface area contributed by atoms with Gasteiger partial charge in [-0.25, -0.2) is 4.98 Å². The van der Waals surface area contributed by atoms with E-state index in [1.54, 1.807) is 0 Å². The molecular weight excluding hydrogens is 252 g/mol. The van der Waals surface area contributed by atoms with Gasteiger partial charge in [0, 0.05) is 26.2 Å². The van der Waals surface area contributed by atoms with Crippen molar-refractivity contribution in [3.8, 4) is 0 Å². The minimum atomic E-state index is 0.525. The Bertz CT molecular complexity index is 580. The zero-order chi connectivity index (χ0) is 14.9. The summed E-state index contributed by atoms with van der Waals surface area (Å²) in [4.78, 5) is 6.81. The van der Waals surface area contributed by atoms with Crippen molar-refractivity contribution in [3.63, 3.8) is 0 Å². The van der Waals surface area contributed by atoms with Gasteiger partial charge in [-0.3, -0.25) is 9.25 Å². The van der Waals surface area contributed by atoms with Crippen LogP contribution in [0.2, 0.25) is 0 Å². The van der Waals surface area contributed by atoms with E-state index in [2.05, 4.69) is 47.4 Å². The molecule has 2 N–H and O–H groups in total. The lowest BCUT2D eigenvalue weighted by atomic mass is 10.2. The van der Waals surface area contributed by atoms with E-state index < -0.39 is 0 Å². The number of hydrogen-bond donors (Lipinski definition) is 1. The van der Waals surface area contributed by atoms with Crippen LogP contribution in [0.4, 0.5) is 5.95 Å². The fourth-order valence-corrected chi connectivity index (χ4v) is 2.40. The Morgan fingerprint density at radius 3 is 2.65 bits per heavy atom. The van der Waals surface area contributed by atoms with Gasteiger partial charge in [-0.2, -0.15) is 5.10 Å². The number of aromatic nitrogens is 4. The number of fused-ring (bicyclic) bond motifs is 1. The van der Waals surface area contributed by atoms with Crippen LogP contribution < -0.4 is 5.73 Å². The highest BCUT2D eigenvalue weighted by molar-refractivity contribution is 5.77. The van der Waals surface area contributed by atoms with E-state index in [1.165, 1.54) is 0 Å². The van der Waals surface area contributed by atoms with Crippen molar-refractivity contribution in [2.24, 2.45) is 7.05 Å². The molecule has 0 saturated heterocycles. The summed E-state index contributed by atoms with van der Waals surface area (Å²) in [5.41, 5.74) is 9.12. The third-order valence-electron chi connectivity index (χ3n) is 3.87. The molecular formula is C14H26N6. The molecule has 6 nitrogen and oxygen atoms in total. The summed E-state index contributed by atoms with van der Waals surface area (Å²) in [5.74, 6) is 0.586. The smallest absolute Gasteiger partial charge is 0.202 e. The van der Waals surface area contributed by atoms with Crippen LogP contribution in [0.3, 0.4) is 0 Å². The van der Waals surface area contributed by atoms with Crippen LogP contribution in [-0.4, -0.2) is 43.9 Å². The SMILES string of the molecule is CCCc1nn(C)c2c1nc(N)n2CCN(C)C(C)C. The molecule has 0 aliphatic rings. The summed E-state index contributed by atoms with van der Waals surface area (Å²) in [6.45, 7) is 8.31. The van der Waals surface area contributed by atoms with Crippen molar-refractivity contribution < 1.29 is 0 Å². The highest BCUT2D eigenvalue weighted by Gasteiger charge is 2.17. The maximum atomic E-state index is 6.09. The second-order valence-corrected chi connectivity index (χ2v) is 5.69. The van der Waals surface area contributed by atoms with Crippen LogP contribution >= 0.6 is 0 Å². The van der Waals surface area contributed by atoms with Crippen LogP contribution in [0.1, 0.15) is 32.9 Å². The number of rotatable bonds is 6. The van der Waals surface area contributed by atoms with E-state index >= 15 is 0 Å². The Balaban J connectivity index is 2.31. The van der Waals surface area contributed by atoms with Gasteiger partial charge in [0.1, 0.15) is 5.52 Å². The number of anilines is 1. The Morgan fingerprint density at radius 2 is 2.05 bits per heavy atom. The third kappa shape index (κ3) is 2.65. The molecule has 112 valence electrons. The molecule has 20 heavy (non-hydrogen) atoms. The van der Waals surface area contributed by atoms with E-state index in [9.17, 15) is 0 Å². The zero-order valence-electron chi connectivity index (χ0n) is 13.2. The Morgan fingerprint density at radius 1 is 1.35 bits per heavy atom. The molecule has 2 heterocycles. The third-order valence-corrected chi connectivity index (χ3v) is 3.87. The largest absolute Gasteiger partial charge is 0.369 e. The Kier molecular flexibility index (Phi) is 4.32. The van der Waals surface area contributed by atoms with Crippen molar-refractivity contribution in [1.29, 1.82) is 0 Å². The molecule has 0 radical (unpaired) electrons. The average Bonchev–Trinajstić information content (AvgIpc) is 2.85. The molecule has 0 unspecified atom stereocenters. The maximum absolute atomic E-state index is 6.09. The summed E-state index contributed by atoms with van der Waals surface area (Å²) in [6, 6.07) is 0.525. The highest BCUT2D eigenvalue weighted by Crippen LogP contribution is 2.21. The fourth-order valence-electron chi connectivity index (χ4n) is 2.40. The predicted molar refractivity (Wildman–Crippen MR) is 82.7 cm³/mol. The average molecular weight is 278 g/mol. The minimum absolute atomic E-state index is 0.525. The standard InChI is InChI=1S/C14H26N6/c1-6-7-11-12-13(19(5)17-11)20(14(15)16-12)9-8-18(4)10(2)3/h10H,6-9H2,1-5H3,(H2,15,16). The van der Waals surface area contributed by atoms with Gasteiger partial charge in [-0.05, 0) is 27.3 Å². The topological polar surface area (TPSA) is 64.9 Å². The van der Waals surface area contributed by atoms with E-state index in [4.69, 9.17) is 5.73 Å². The predicted octanol–water partition coefficient (Wildman–Crippen LogP) is 1.64. The second-order valence-electron chi connectivity index (χ2n) is 5.69. The maximum Gasteiger partial charge on any atom is 0.202 e. The molecule has 0 aromatic carbocycles. The molecule has 6 heteroatoms. The lowest BCUT2D eigenvalue weighted by Gasteiger charge is -2.21. The van der Waals surface area contributed by atoms with Crippen LogP contribution in [-0.2, 0) is 20.0 Å². The molecule has 2 rings (SSSR count). The van der Waals surface area contributed by atoms with Gasteiger partial charge in [-0.15, -0.1) is 0 Å². The first-order chi connectivity index (χ1) is 9.45. The normalized spacial score (nSPS) is 12.2. The lowest BCUT2D eigenvalue weighted by Crippen LogP contribution is -2.30. The van der Waals surface area contributed by atoms with E-state index in [0.29, 0.717) is 12.0 Å². The summed E-state index contributed by atoms with van der Waals surface area (Å²) in [5, 5.41) is 4.57. The molecule has 0 bridgehead atoms. The minimum Gasteiger partial charge on any atom is -0.369 e. The van der Waals surface area contributed by atoms with Gasteiger partial charge in [0.15, 0.2) is 5.65 Å². The van der Waals surface area contributed by atoms with Crippen molar-refractivity contribution in [2.45, 2.75) is 46.2 Å². The van der Waals surface area contributed by atoms with Crippen LogP contribution in [0.25, 0.3) is 11.2 Å². The molecule has 0 aliphatic heterocycles. The molecule has 0 spiro atoms. The van der Waals surface area contributed by atoms with Crippen molar-refractivity contribution in [2.75, 3.05) is 19.3 Å². The van der Waals surface area contributed by atoms with Gasteiger partial charge in [0.2, 0.25) is 5.95 Å². The number of likely N-dealkylation sites (N-methyl/N-ethyl adjacent to an activating group) is 1. The molecule has 2 aromatic heterocycles. The number of nitrogens with zero attached hydrogens (tertiary/aromatic N) is 5. The first-order valence-electron chi connectivity index (χ1n) is 7.33. The zero-order valence-corrected chi connectivity index (χ0v) is 13.2. The quantitative estimate of drug-likeness (QED) is 0.872. The van der Waals surface area contributed by atoms with Gasteiger partial charge in [0.05, 0.1) is 5.69 Å². The first-order valence-corrected chi connectivity index (χ1v) is 7.33. The monoisotopic (exact) mass is 278 g/mol. The Hall–Kier alpha value is -1.56. The molecule has 0 aliphatic carbocycles. The summed E-state index contributed by atoms with van der Waals surface area (Å²) < 4.78 is 3.97. The second kappa shape index (κ2) is 5.83. The van der Waals surface area contributed by atoms with Crippen LogP contribution in [0.15, 0.2) is 0 Å². The number of nitrogen functional groups attached to an aromatic ring is 1. The molecule has 0 saturated carbocycles. The van der Waals surface area contributed by atoms with Gasteiger partial charge in [0.25, 0.3) is 0 Å². The summed E-state index contributed by atoms with van der Waals surface area (Å²) in [6.07, 6.45) is 2.01. The highest BCUT2D eigenvalue weighted by atomic mass is 15.4. The van der Waals surface area contributed by atoms with E-state index in [-0.39, 0.29) is 0 Å². The summed E-state index contributed by atoms with van der Waals surface area (Å²) >= 11 is 0.